The van der Waals surface area contributed by atoms with Crippen LogP contribution in [0.1, 0.15) is 18.6 Å². The Hall–Kier alpha value is -2.26. The number of esters is 1. The van der Waals surface area contributed by atoms with Gasteiger partial charge in [0.05, 0.1) is 18.6 Å². The molecular formula is C11H14N2O7. The number of aromatic nitrogens is 1. The summed E-state index contributed by atoms with van der Waals surface area (Å²) >= 11 is 0. The molecule has 0 aliphatic carbocycles. The van der Waals surface area contributed by atoms with E-state index in [-0.39, 0.29) is 18.1 Å². The van der Waals surface area contributed by atoms with Gasteiger partial charge in [-0.05, 0) is 6.92 Å². The number of aliphatic hydroxyl groups is 2. The molecule has 9 heteroatoms. The standard InChI is InChI=1S/C11H14N2O7/c1-3-20-11(16)9(15)8(14)6-4-7(13(17)18)10(19-2)12-5-6/h4-5,8-9,14-15H,3H2,1-2H3. The first kappa shape index (κ1) is 15.8. The van der Waals surface area contributed by atoms with Gasteiger partial charge in [-0.15, -0.1) is 0 Å². The SMILES string of the molecule is CCOC(=O)C(O)C(O)c1cnc(OC)c([N+](=O)[O-])c1. The number of hydrogen-bond donors (Lipinski definition) is 2. The maximum Gasteiger partial charge on any atom is 0.338 e. The highest BCUT2D eigenvalue weighted by atomic mass is 16.6. The van der Waals surface area contributed by atoms with Crippen molar-refractivity contribution >= 4 is 11.7 Å². The summed E-state index contributed by atoms with van der Waals surface area (Å²) in [5.74, 6) is -1.27. The average Bonchev–Trinajstić information content (AvgIpc) is 2.45. The molecule has 0 aromatic carbocycles. The van der Waals surface area contributed by atoms with Crippen molar-refractivity contribution in [3.05, 3.63) is 27.9 Å². The molecule has 0 radical (unpaired) electrons. The number of nitrogens with zero attached hydrogens (tertiary/aromatic N) is 2. The highest BCUT2D eigenvalue weighted by Crippen LogP contribution is 2.28. The molecule has 110 valence electrons. The lowest BCUT2D eigenvalue weighted by atomic mass is 10.1. The van der Waals surface area contributed by atoms with E-state index in [0.717, 1.165) is 12.3 Å². The van der Waals surface area contributed by atoms with Crippen LogP contribution < -0.4 is 4.74 Å². The average molecular weight is 286 g/mol. The Bertz CT molecular complexity index is 506. The molecule has 2 N–H and O–H groups in total. The fourth-order valence-electron chi connectivity index (χ4n) is 1.44. The lowest BCUT2D eigenvalue weighted by Gasteiger charge is -2.16. The van der Waals surface area contributed by atoms with Crippen molar-refractivity contribution in [1.29, 1.82) is 0 Å². The molecule has 1 aromatic heterocycles. The minimum Gasteiger partial charge on any atom is -0.476 e. The van der Waals surface area contributed by atoms with Gasteiger partial charge in [0.2, 0.25) is 0 Å². The first-order valence-electron chi connectivity index (χ1n) is 5.63. The lowest BCUT2D eigenvalue weighted by Crippen LogP contribution is -2.30. The summed E-state index contributed by atoms with van der Waals surface area (Å²) in [6.07, 6.45) is -2.48. The summed E-state index contributed by atoms with van der Waals surface area (Å²) in [7, 11) is 1.21. The van der Waals surface area contributed by atoms with E-state index < -0.39 is 28.8 Å². The van der Waals surface area contributed by atoms with Crippen molar-refractivity contribution in [2.45, 2.75) is 19.1 Å². The summed E-state index contributed by atoms with van der Waals surface area (Å²) in [5, 5.41) is 30.2. The second-order valence-corrected chi connectivity index (χ2v) is 3.70. The Morgan fingerprint density at radius 1 is 1.55 bits per heavy atom. The van der Waals surface area contributed by atoms with Gasteiger partial charge in [-0.2, -0.15) is 0 Å². The third kappa shape index (κ3) is 3.39. The van der Waals surface area contributed by atoms with E-state index in [1.54, 1.807) is 0 Å². The van der Waals surface area contributed by atoms with Crippen LogP contribution in [0.5, 0.6) is 5.88 Å². The Balaban J connectivity index is 3.04. The van der Waals surface area contributed by atoms with Gasteiger partial charge < -0.3 is 19.7 Å². The van der Waals surface area contributed by atoms with Gasteiger partial charge in [-0.1, -0.05) is 0 Å². The van der Waals surface area contributed by atoms with E-state index in [9.17, 15) is 25.1 Å². The second kappa shape index (κ2) is 6.78. The molecule has 2 atom stereocenters. The molecule has 0 amide bonds. The van der Waals surface area contributed by atoms with Crippen molar-refractivity contribution in [2.75, 3.05) is 13.7 Å². The fourth-order valence-corrected chi connectivity index (χ4v) is 1.44. The van der Waals surface area contributed by atoms with E-state index >= 15 is 0 Å². The third-order valence-corrected chi connectivity index (χ3v) is 2.41. The number of methoxy groups -OCH3 is 1. The van der Waals surface area contributed by atoms with E-state index in [4.69, 9.17) is 4.74 Å². The van der Waals surface area contributed by atoms with Crippen molar-refractivity contribution in [2.24, 2.45) is 0 Å². The van der Waals surface area contributed by atoms with Crippen molar-refractivity contribution in [3.63, 3.8) is 0 Å². The van der Waals surface area contributed by atoms with E-state index in [2.05, 4.69) is 9.72 Å². The maximum atomic E-state index is 11.3. The number of pyridine rings is 1. The van der Waals surface area contributed by atoms with E-state index in [1.165, 1.54) is 14.0 Å². The molecule has 0 saturated heterocycles. The first-order valence-corrected chi connectivity index (χ1v) is 5.63. The van der Waals surface area contributed by atoms with Gasteiger partial charge in [-0.3, -0.25) is 10.1 Å². The second-order valence-electron chi connectivity index (χ2n) is 3.70. The van der Waals surface area contributed by atoms with Crippen LogP contribution in [0.3, 0.4) is 0 Å². The van der Waals surface area contributed by atoms with Crippen LogP contribution in [0.15, 0.2) is 12.3 Å². The van der Waals surface area contributed by atoms with Crippen LogP contribution in [-0.2, 0) is 9.53 Å². The van der Waals surface area contributed by atoms with Crippen LogP contribution in [0, 0.1) is 10.1 Å². The maximum absolute atomic E-state index is 11.3. The number of carbonyl (C=O) groups excluding carboxylic acids is 1. The van der Waals surface area contributed by atoms with E-state index in [0.29, 0.717) is 0 Å². The number of hydrogen-bond acceptors (Lipinski definition) is 8. The molecule has 0 bridgehead atoms. The number of carbonyl (C=O) groups is 1. The quantitative estimate of drug-likeness (QED) is 0.423. The predicted molar refractivity (Wildman–Crippen MR) is 65.0 cm³/mol. The smallest absolute Gasteiger partial charge is 0.338 e. The molecule has 0 spiro atoms. The van der Waals surface area contributed by atoms with Crippen molar-refractivity contribution < 1.29 is 29.4 Å². The van der Waals surface area contributed by atoms with Gasteiger partial charge in [-0.25, -0.2) is 9.78 Å². The summed E-state index contributed by atoms with van der Waals surface area (Å²) < 4.78 is 9.24. The number of aliphatic hydroxyl groups excluding tert-OH is 2. The summed E-state index contributed by atoms with van der Waals surface area (Å²) in [6, 6.07) is 0.971. The number of nitro groups is 1. The van der Waals surface area contributed by atoms with E-state index in [1.807, 2.05) is 0 Å². The highest BCUT2D eigenvalue weighted by Gasteiger charge is 2.29. The molecule has 1 aromatic rings. The molecular weight excluding hydrogens is 272 g/mol. The van der Waals surface area contributed by atoms with Gasteiger partial charge >= 0.3 is 11.7 Å². The molecule has 0 fully saturated rings. The Morgan fingerprint density at radius 3 is 2.70 bits per heavy atom. The normalized spacial score (nSPS) is 13.4. The molecule has 2 unspecified atom stereocenters. The molecule has 1 rings (SSSR count). The monoisotopic (exact) mass is 286 g/mol. The van der Waals surface area contributed by atoms with Crippen LogP contribution in [-0.4, -0.2) is 45.9 Å². The molecule has 20 heavy (non-hydrogen) atoms. The number of ether oxygens (including phenoxy) is 2. The summed E-state index contributed by atoms with van der Waals surface area (Å²) in [6.45, 7) is 1.57. The zero-order valence-corrected chi connectivity index (χ0v) is 10.8. The molecule has 9 nitrogen and oxygen atoms in total. The lowest BCUT2D eigenvalue weighted by molar-refractivity contribution is -0.386. The molecule has 0 saturated carbocycles. The zero-order valence-electron chi connectivity index (χ0n) is 10.8. The number of rotatable bonds is 6. The van der Waals surface area contributed by atoms with Crippen LogP contribution >= 0.6 is 0 Å². The molecule has 1 heterocycles. The minimum atomic E-state index is -1.86. The van der Waals surface area contributed by atoms with Crippen molar-refractivity contribution in [3.8, 4) is 5.88 Å². The van der Waals surface area contributed by atoms with Crippen LogP contribution in [0.2, 0.25) is 0 Å². The Labute approximate surface area is 113 Å². The van der Waals surface area contributed by atoms with Gasteiger partial charge in [0.25, 0.3) is 5.88 Å². The largest absolute Gasteiger partial charge is 0.476 e. The molecule has 0 aliphatic rings. The Morgan fingerprint density at radius 2 is 2.20 bits per heavy atom. The Kier molecular flexibility index (Phi) is 5.35. The highest BCUT2D eigenvalue weighted by molar-refractivity contribution is 5.75. The molecule has 0 aliphatic heterocycles. The fraction of sp³-hybridized carbons (Fsp3) is 0.455. The van der Waals surface area contributed by atoms with Crippen LogP contribution in [0.25, 0.3) is 0 Å². The van der Waals surface area contributed by atoms with Crippen molar-refractivity contribution in [1.82, 2.24) is 4.98 Å². The summed E-state index contributed by atoms with van der Waals surface area (Å²) in [5.41, 5.74) is -0.585. The van der Waals surface area contributed by atoms with Gasteiger partial charge in [0.1, 0.15) is 6.10 Å². The minimum absolute atomic E-state index is 0.0314. The first-order chi connectivity index (χ1) is 9.42. The third-order valence-electron chi connectivity index (χ3n) is 2.41. The topological polar surface area (TPSA) is 132 Å². The van der Waals surface area contributed by atoms with Crippen LogP contribution in [0.4, 0.5) is 5.69 Å². The summed E-state index contributed by atoms with van der Waals surface area (Å²) in [4.78, 5) is 25.0. The predicted octanol–water partition coefficient (Wildman–Crippen LogP) is -0.0442. The van der Waals surface area contributed by atoms with Gasteiger partial charge in [0, 0.05) is 17.8 Å². The van der Waals surface area contributed by atoms with Gasteiger partial charge in [0.15, 0.2) is 6.10 Å². The zero-order chi connectivity index (χ0) is 15.3.